The smallest absolute Gasteiger partial charge is 0.276 e. The molecule has 2 aromatic heterocycles. The molecule has 0 fully saturated rings. The van der Waals surface area contributed by atoms with Gasteiger partial charge in [-0.2, -0.15) is 0 Å². The van der Waals surface area contributed by atoms with Gasteiger partial charge >= 0.3 is 0 Å². The molecule has 16 heavy (non-hydrogen) atoms. The summed E-state index contributed by atoms with van der Waals surface area (Å²) in [5, 5.41) is 1.93. The van der Waals surface area contributed by atoms with Gasteiger partial charge in [0.15, 0.2) is 0 Å². The Morgan fingerprint density at radius 2 is 2.12 bits per heavy atom. The summed E-state index contributed by atoms with van der Waals surface area (Å²) in [4.78, 5) is 12.0. The van der Waals surface area contributed by atoms with Crippen LogP contribution < -0.4 is 17.0 Å². The predicted octanol–water partition coefficient (Wildman–Crippen LogP) is 2.03. The molecule has 0 unspecified atom stereocenters. The van der Waals surface area contributed by atoms with Crippen LogP contribution in [0.2, 0.25) is 0 Å². The van der Waals surface area contributed by atoms with Crippen LogP contribution in [-0.2, 0) is 6.54 Å². The summed E-state index contributed by atoms with van der Waals surface area (Å²) in [5.74, 6) is 0. The lowest BCUT2D eigenvalue weighted by Crippen LogP contribution is -2.24. The lowest BCUT2D eigenvalue weighted by Gasteiger charge is -2.10. The Morgan fingerprint density at radius 3 is 2.81 bits per heavy atom. The van der Waals surface area contributed by atoms with Crippen LogP contribution in [0.3, 0.4) is 0 Å². The highest BCUT2D eigenvalue weighted by molar-refractivity contribution is 7.17. The molecule has 2 rings (SSSR count). The van der Waals surface area contributed by atoms with Crippen molar-refractivity contribution in [2.75, 3.05) is 11.5 Å². The molecule has 0 bridgehead atoms. The van der Waals surface area contributed by atoms with E-state index in [0.717, 1.165) is 23.1 Å². The molecular weight excluding hydrogens is 222 g/mol. The number of hydrogen-bond donors (Lipinski definition) is 2. The molecule has 4 N–H and O–H groups in total. The third-order valence-corrected chi connectivity index (χ3v) is 3.62. The maximum absolute atomic E-state index is 12.0. The highest BCUT2D eigenvalue weighted by Crippen LogP contribution is 2.28. The number of aromatic nitrogens is 1. The van der Waals surface area contributed by atoms with E-state index >= 15 is 0 Å². The quantitative estimate of drug-likeness (QED) is 0.857. The number of nitrogens with two attached hydrogens (primary N) is 2. The second kappa shape index (κ2) is 4.17. The van der Waals surface area contributed by atoms with Gasteiger partial charge in [-0.3, -0.25) is 4.79 Å². The van der Waals surface area contributed by atoms with Crippen molar-refractivity contribution < 1.29 is 0 Å². The molecule has 0 aromatic carbocycles. The van der Waals surface area contributed by atoms with Crippen LogP contribution in [0.25, 0.3) is 10.2 Å². The summed E-state index contributed by atoms with van der Waals surface area (Å²) >= 11 is 1.52. The highest BCUT2D eigenvalue weighted by Gasteiger charge is 2.12. The Kier molecular flexibility index (Phi) is 2.87. The first-order valence-electron chi connectivity index (χ1n) is 5.31. The molecule has 0 radical (unpaired) electrons. The van der Waals surface area contributed by atoms with Gasteiger partial charge in [0.1, 0.15) is 5.69 Å². The molecule has 5 heteroatoms. The van der Waals surface area contributed by atoms with Crippen molar-refractivity contribution in [1.29, 1.82) is 0 Å². The molecule has 0 saturated heterocycles. The van der Waals surface area contributed by atoms with Crippen LogP contribution in [0.4, 0.5) is 11.4 Å². The predicted molar refractivity (Wildman–Crippen MR) is 69.8 cm³/mol. The van der Waals surface area contributed by atoms with Gasteiger partial charge < -0.3 is 16.0 Å². The Hall–Kier alpha value is -1.49. The van der Waals surface area contributed by atoms with E-state index < -0.39 is 0 Å². The maximum Gasteiger partial charge on any atom is 0.276 e. The molecule has 0 aliphatic heterocycles. The minimum atomic E-state index is -0.170. The fourth-order valence-corrected chi connectivity index (χ4v) is 2.62. The maximum atomic E-state index is 12.0. The average molecular weight is 237 g/mol. The van der Waals surface area contributed by atoms with Gasteiger partial charge in [0.25, 0.3) is 5.56 Å². The third kappa shape index (κ3) is 1.57. The molecule has 0 aliphatic rings. The molecule has 2 aromatic rings. The van der Waals surface area contributed by atoms with Crippen molar-refractivity contribution in [3.63, 3.8) is 0 Å². The number of fused-ring (bicyclic) bond motifs is 1. The second-order valence-electron chi connectivity index (χ2n) is 3.77. The van der Waals surface area contributed by atoms with E-state index in [9.17, 15) is 4.79 Å². The number of rotatable bonds is 3. The summed E-state index contributed by atoms with van der Waals surface area (Å²) in [6.45, 7) is 2.80. The molecule has 0 atom stereocenters. The van der Waals surface area contributed by atoms with Crippen molar-refractivity contribution in [2.45, 2.75) is 26.3 Å². The summed E-state index contributed by atoms with van der Waals surface area (Å²) < 4.78 is 2.63. The van der Waals surface area contributed by atoms with Crippen LogP contribution in [0.5, 0.6) is 0 Å². The zero-order valence-corrected chi connectivity index (χ0v) is 10.0. The minimum absolute atomic E-state index is 0.170. The van der Waals surface area contributed by atoms with Crippen LogP contribution in [-0.4, -0.2) is 4.57 Å². The number of thiophene rings is 1. The van der Waals surface area contributed by atoms with E-state index in [0.29, 0.717) is 12.2 Å². The summed E-state index contributed by atoms with van der Waals surface area (Å²) in [7, 11) is 0. The minimum Gasteiger partial charge on any atom is -0.396 e. The van der Waals surface area contributed by atoms with Crippen LogP contribution >= 0.6 is 11.3 Å². The fourth-order valence-electron chi connectivity index (χ4n) is 1.75. The first-order chi connectivity index (χ1) is 7.66. The molecule has 4 nitrogen and oxygen atoms in total. The van der Waals surface area contributed by atoms with Gasteiger partial charge in [-0.1, -0.05) is 13.3 Å². The monoisotopic (exact) mass is 237 g/mol. The number of nitrogen functional groups attached to an aromatic ring is 2. The zero-order valence-electron chi connectivity index (χ0n) is 9.19. The first kappa shape index (κ1) is 11.0. The Bertz CT molecular complexity index is 570. The molecule has 0 amide bonds. The molecule has 86 valence electrons. The summed E-state index contributed by atoms with van der Waals surface area (Å²) in [5.41, 5.74) is 12.9. The SMILES string of the molecule is CCCCn1c(=O)c(N)c(N)c2sccc21. The van der Waals surface area contributed by atoms with Crippen molar-refractivity contribution in [3.8, 4) is 0 Å². The normalized spacial score (nSPS) is 11.1. The van der Waals surface area contributed by atoms with Crippen LogP contribution in [0, 0.1) is 0 Å². The Labute approximate surface area is 97.5 Å². The lowest BCUT2D eigenvalue weighted by molar-refractivity contribution is 0.634. The van der Waals surface area contributed by atoms with E-state index in [-0.39, 0.29) is 11.2 Å². The number of anilines is 2. The van der Waals surface area contributed by atoms with Gasteiger partial charge in [0, 0.05) is 6.54 Å². The van der Waals surface area contributed by atoms with E-state index in [1.807, 2.05) is 11.4 Å². The van der Waals surface area contributed by atoms with E-state index in [4.69, 9.17) is 11.5 Å². The average Bonchev–Trinajstić information content (AvgIpc) is 2.75. The van der Waals surface area contributed by atoms with E-state index in [1.165, 1.54) is 11.3 Å². The van der Waals surface area contributed by atoms with Crippen molar-refractivity contribution in [3.05, 3.63) is 21.8 Å². The van der Waals surface area contributed by atoms with Gasteiger partial charge in [0.2, 0.25) is 0 Å². The number of aryl methyl sites for hydroxylation is 1. The molecule has 0 aliphatic carbocycles. The molecule has 0 saturated carbocycles. The standard InChI is InChI=1S/C11H15N3OS/c1-2-3-5-14-7-4-6-16-10(7)8(12)9(13)11(14)15/h4,6H,2-3,5,12-13H2,1H3. The van der Waals surface area contributed by atoms with Crippen molar-refractivity contribution >= 4 is 32.9 Å². The second-order valence-corrected chi connectivity index (χ2v) is 4.69. The number of pyridine rings is 1. The van der Waals surface area contributed by atoms with Crippen LogP contribution in [0.1, 0.15) is 19.8 Å². The molecule has 2 heterocycles. The first-order valence-corrected chi connectivity index (χ1v) is 6.19. The largest absolute Gasteiger partial charge is 0.396 e. The lowest BCUT2D eigenvalue weighted by atomic mass is 10.2. The molecular formula is C11H15N3OS. The fraction of sp³-hybridized carbons (Fsp3) is 0.364. The third-order valence-electron chi connectivity index (χ3n) is 2.68. The molecule has 0 spiro atoms. The number of unbranched alkanes of at least 4 members (excludes halogenated alkanes) is 1. The van der Waals surface area contributed by atoms with Gasteiger partial charge in [-0.15, -0.1) is 11.3 Å². The topological polar surface area (TPSA) is 74.0 Å². The Morgan fingerprint density at radius 1 is 1.38 bits per heavy atom. The van der Waals surface area contributed by atoms with Crippen molar-refractivity contribution in [1.82, 2.24) is 4.57 Å². The summed E-state index contributed by atoms with van der Waals surface area (Å²) in [6, 6.07) is 1.92. The number of nitrogens with zero attached hydrogens (tertiary/aromatic N) is 1. The van der Waals surface area contributed by atoms with E-state index in [1.54, 1.807) is 4.57 Å². The van der Waals surface area contributed by atoms with Gasteiger partial charge in [0.05, 0.1) is 15.9 Å². The highest BCUT2D eigenvalue weighted by atomic mass is 32.1. The van der Waals surface area contributed by atoms with Crippen LogP contribution in [0.15, 0.2) is 16.2 Å². The van der Waals surface area contributed by atoms with Gasteiger partial charge in [-0.05, 0) is 17.9 Å². The van der Waals surface area contributed by atoms with Crippen molar-refractivity contribution in [2.24, 2.45) is 0 Å². The number of hydrogen-bond acceptors (Lipinski definition) is 4. The van der Waals surface area contributed by atoms with Gasteiger partial charge in [-0.25, -0.2) is 0 Å². The Balaban J connectivity index is 2.70. The van der Waals surface area contributed by atoms with E-state index in [2.05, 4.69) is 6.92 Å². The summed E-state index contributed by atoms with van der Waals surface area (Å²) in [6.07, 6.45) is 2.01. The zero-order chi connectivity index (χ0) is 11.7.